The van der Waals surface area contributed by atoms with Crippen molar-refractivity contribution >= 4 is 5.91 Å². The average Bonchev–Trinajstić information content (AvgIpc) is 2.49. The molecule has 1 saturated heterocycles. The van der Waals surface area contributed by atoms with E-state index in [0.29, 0.717) is 17.5 Å². The maximum absolute atomic E-state index is 11.6. The summed E-state index contributed by atoms with van der Waals surface area (Å²) in [6, 6.07) is 6.64. The Balaban J connectivity index is 1.98. The van der Waals surface area contributed by atoms with Crippen LogP contribution >= 0.6 is 0 Å². The van der Waals surface area contributed by atoms with Gasteiger partial charge in [-0.25, -0.2) is 0 Å². The number of benzene rings is 1. The molecule has 2 aliphatic rings. The van der Waals surface area contributed by atoms with E-state index < -0.39 is 0 Å². The van der Waals surface area contributed by atoms with Crippen LogP contribution in [0.15, 0.2) is 29.8 Å². The lowest BCUT2D eigenvalue weighted by molar-refractivity contribution is 0.0397. The van der Waals surface area contributed by atoms with E-state index >= 15 is 0 Å². The first kappa shape index (κ1) is 16.3. The molecule has 3 atom stereocenters. The minimum Gasteiger partial charge on any atom is -0.366 e. The van der Waals surface area contributed by atoms with Gasteiger partial charge in [-0.05, 0) is 67.8 Å². The summed E-state index contributed by atoms with van der Waals surface area (Å²) >= 11 is 0. The zero-order chi connectivity index (χ0) is 16.8. The number of hydrogen-bond donors (Lipinski definition) is 1. The summed E-state index contributed by atoms with van der Waals surface area (Å²) in [4.78, 5) is 14.2. The lowest BCUT2D eigenvalue weighted by atomic mass is 9.59. The lowest BCUT2D eigenvalue weighted by Crippen LogP contribution is -2.57. The number of hydrogen-bond acceptors (Lipinski definition) is 2. The number of primary amides is 1. The predicted octanol–water partition coefficient (Wildman–Crippen LogP) is 3.28. The van der Waals surface area contributed by atoms with Crippen molar-refractivity contribution in [1.82, 2.24) is 4.90 Å². The summed E-state index contributed by atoms with van der Waals surface area (Å²) in [6.07, 6.45) is 4.54. The molecule has 0 radical (unpaired) electrons. The number of likely N-dealkylation sites (tertiary alicyclic amines) is 1. The highest BCUT2D eigenvalue weighted by atomic mass is 16.1. The van der Waals surface area contributed by atoms with Gasteiger partial charge in [-0.2, -0.15) is 0 Å². The van der Waals surface area contributed by atoms with Crippen LogP contribution in [0.3, 0.4) is 0 Å². The Morgan fingerprint density at radius 3 is 2.83 bits per heavy atom. The standard InChI is InChI=1S/C20H28N2O/c1-13(2)7-9-22-10-8-20(4)14(3)18(22)12-15-5-6-16(19(21)23)11-17(15)20/h5-7,11,14,18H,8-10,12H2,1-4H3,(H2,21,23)/t14-,18?,20-/m0/s1. The van der Waals surface area contributed by atoms with Crippen molar-refractivity contribution in [2.75, 3.05) is 13.1 Å². The Hall–Kier alpha value is -1.61. The van der Waals surface area contributed by atoms with Gasteiger partial charge < -0.3 is 5.73 Å². The summed E-state index contributed by atoms with van der Waals surface area (Å²) in [5.41, 5.74) is 10.4. The van der Waals surface area contributed by atoms with Gasteiger partial charge in [0.15, 0.2) is 0 Å². The first-order chi connectivity index (χ1) is 10.8. The van der Waals surface area contributed by atoms with E-state index in [9.17, 15) is 4.79 Å². The van der Waals surface area contributed by atoms with Crippen LogP contribution in [0.25, 0.3) is 0 Å². The van der Waals surface area contributed by atoms with Gasteiger partial charge in [0.05, 0.1) is 0 Å². The molecule has 124 valence electrons. The zero-order valence-electron chi connectivity index (χ0n) is 14.7. The number of fused-ring (bicyclic) bond motifs is 4. The van der Waals surface area contributed by atoms with Crippen LogP contribution in [0, 0.1) is 5.92 Å². The monoisotopic (exact) mass is 312 g/mol. The summed E-state index contributed by atoms with van der Waals surface area (Å²) in [5.74, 6) is 0.254. The summed E-state index contributed by atoms with van der Waals surface area (Å²) in [7, 11) is 0. The first-order valence-electron chi connectivity index (χ1n) is 8.63. The molecule has 1 aromatic carbocycles. The minimum absolute atomic E-state index is 0.144. The van der Waals surface area contributed by atoms with Crippen molar-refractivity contribution in [1.29, 1.82) is 0 Å². The average molecular weight is 312 g/mol. The summed E-state index contributed by atoms with van der Waals surface area (Å²) in [6.45, 7) is 11.2. The zero-order valence-corrected chi connectivity index (χ0v) is 14.7. The van der Waals surface area contributed by atoms with Crippen LogP contribution in [0.5, 0.6) is 0 Å². The Morgan fingerprint density at radius 1 is 1.43 bits per heavy atom. The largest absolute Gasteiger partial charge is 0.366 e. The summed E-state index contributed by atoms with van der Waals surface area (Å²) in [5, 5.41) is 0. The number of amides is 1. The lowest BCUT2D eigenvalue weighted by Gasteiger charge is -2.54. The van der Waals surface area contributed by atoms with E-state index in [-0.39, 0.29) is 11.3 Å². The van der Waals surface area contributed by atoms with Crippen LogP contribution in [-0.2, 0) is 11.8 Å². The van der Waals surface area contributed by atoms with Crippen molar-refractivity contribution in [3.05, 3.63) is 46.5 Å². The molecular weight excluding hydrogens is 284 g/mol. The quantitative estimate of drug-likeness (QED) is 0.871. The number of nitrogens with two attached hydrogens (primary N) is 1. The van der Waals surface area contributed by atoms with E-state index in [1.807, 2.05) is 6.07 Å². The molecule has 3 nitrogen and oxygen atoms in total. The van der Waals surface area contributed by atoms with Gasteiger partial charge in [0.25, 0.3) is 0 Å². The molecule has 3 rings (SSSR count). The van der Waals surface area contributed by atoms with E-state index in [1.165, 1.54) is 16.7 Å². The Bertz CT molecular complexity index is 660. The second-order valence-electron chi connectivity index (χ2n) is 7.74. The van der Waals surface area contributed by atoms with E-state index in [0.717, 1.165) is 25.9 Å². The van der Waals surface area contributed by atoms with Crippen LogP contribution < -0.4 is 5.73 Å². The van der Waals surface area contributed by atoms with Gasteiger partial charge >= 0.3 is 0 Å². The third-order valence-electron chi connectivity index (χ3n) is 6.14. The van der Waals surface area contributed by atoms with Gasteiger partial charge in [-0.1, -0.05) is 31.6 Å². The van der Waals surface area contributed by atoms with Gasteiger partial charge in [0, 0.05) is 18.2 Å². The highest BCUT2D eigenvalue weighted by Crippen LogP contribution is 2.48. The van der Waals surface area contributed by atoms with Gasteiger partial charge in [0.2, 0.25) is 5.91 Å². The van der Waals surface area contributed by atoms with Crippen molar-refractivity contribution in [3.8, 4) is 0 Å². The molecule has 23 heavy (non-hydrogen) atoms. The number of carbonyl (C=O) groups excluding carboxylic acids is 1. The summed E-state index contributed by atoms with van der Waals surface area (Å²) < 4.78 is 0. The van der Waals surface area contributed by atoms with Crippen LogP contribution in [-0.4, -0.2) is 29.9 Å². The topological polar surface area (TPSA) is 46.3 Å². The molecule has 3 heteroatoms. The van der Waals surface area contributed by atoms with Crippen molar-refractivity contribution in [2.24, 2.45) is 11.7 Å². The van der Waals surface area contributed by atoms with Crippen LogP contribution in [0.2, 0.25) is 0 Å². The number of nitrogens with zero attached hydrogens (tertiary/aromatic N) is 1. The highest BCUT2D eigenvalue weighted by molar-refractivity contribution is 5.93. The highest BCUT2D eigenvalue weighted by Gasteiger charge is 2.48. The van der Waals surface area contributed by atoms with E-state index in [2.05, 4.69) is 50.8 Å². The molecule has 1 aromatic rings. The molecule has 1 aliphatic heterocycles. The number of piperidine rings is 1. The molecule has 1 heterocycles. The molecule has 2 N–H and O–H groups in total. The third kappa shape index (κ3) is 2.72. The smallest absolute Gasteiger partial charge is 0.248 e. The molecular formula is C20H28N2O. The maximum atomic E-state index is 11.6. The van der Waals surface area contributed by atoms with Crippen molar-refractivity contribution < 1.29 is 4.79 Å². The van der Waals surface area contributed by atoms with E-state index in [1.54, 1.807) is 0 Å². The third-order valence-corrected chi connectivity index (χ3v) is 6.14. The molecule has 1 unspecified atom stereocenters. The fraction of sp³-hybridized carbons (Fsp3) is 0.550. The van der Waals surface area contributed by atoms with Crippen LogP contribution in [0.1, 0.15) is 55.6 Å². The number of carbonyl (C=O) groups is 1. The Morgan fingerprint density at radius 2 is 2.17 bits per heavy atom. The Kier molecular flexibility index (Phi) is 4.09. The number of rotatable bonds is 3. The first-order valence-corrected chi connectivity index (χ1v) is 8.63. The molecule has 0 aromatic heterocycles. The van der Waals surface area contributed by atoms with E-state index in [4.69, 9.17) is 5.73 Å². The maximum Gasteiger partial charge on any atom is 0.248 e. The molecule has 1 fully saturated rings. The van der Waals surface area contributed by atoms with Gasteiger partial charge in [-0.3, -0.25) is 9.69 Å². The predicted molar refractivity (Wildman–Crippen MR) is 94.6 cm³/mol. The minimum atomic E-state index is -0.327. The second-order valence-corrected chi connectivity index (χ2v) is 7.74. The second kappa shape index (κ2) is 5.79. The fourth-order valence-corrected chi connectivity index (χ4v) is 4.39. The molecule has 0 spiro atoms. The number of allylic oxidation sites excluding steroid dienone is 1. The molecule has 2 bridgehead atoms. The molecule has 0 saturated carbocycles. The van der Waals surface area contributed by atoms with Crippen molar-refractivity contribution in [3.63, 3.8) is 0 Å². The van der Waals surface area contributed by atoms with Gasteiger partial charge in [0.1, 0.15) is 0 Å². The normalized spacial score (nSPS) is 29.7. The molecule has 1 aliphatic carbocycles. The molecule has 1 amide bonds. The SMILES string of the molecule is CC(C)=CCN1CC[C@]2(C)c3cc(C(N)=O)ccc3CC1[C@@H]2C. The van der Waals surface area contributed by atoms with Gasteiger partial charge in [-0.15, -0.1) is 0 Å². The fourth-order valence-electron chi connectivity index (χ4n) is 4.39. The van der Waals surface area contributed by atoms with Crippen LogP contribution in [0.4, 0.5) is 0 Å². The van der Waals surface area contributed by atoms with Crippen molar-refractivity contribution in [2.45, 2.75) is 52.0 Å². The Labute approximate surface area is 139 Å².